The van der Waals surface area contributed by atoms with Crippen LogP contribution in [0.25, 0.3) is 17.5 Å². The Labute approximate surface area is 186 Å². The Morgan fingerprint density at radius 1 is 1.16 bits per heavy atom. The summed E-state index contributed by atoms with van der Waals surface area (Å²) in [6.07, 6.45) is 3.63. The van der Waals surface area contributed by atoms with Crippen LogP contribution in [0.15, 0.2) is 70.4 Å². The van der Waals surface area contributed by atoms with Gasteiger partial charge in [0.05, 0.1) is 19.1 Å². The molecule has 3 aromatic rings. The molecule has 1 aromatic heterocycles. The second kappa shape index (κ2) is 11.1. The fraction of sp³-hybridized carbons (Fsp3) is 0.217. The molecule has 1 heterocycles. The van der Waals surface area contributed by atoms with Crippen molar-refractivity contribution in [3.05, 3.63) is 65.7 Å². The van der Waals surface area contributed by atoms with Crippen LogP contribution in [0.2, 0.25) is 0 Å². The molecule has 0 saturated carbocycles. The number of nitrogens with zero attached hydrogens (tertiary/aromatic N) is 4. The van der Waals surface area contributed by atoms with E-state index in [4.69, 9.17) is 4.74 Å². The van der Waals surface area contributed by atoms with Crippen molar-refractivity contribution in [1.29, 1.82) is 0 Å². The monoisotopic (exact) mass is 435 g/mol. The fourth-order valence-corrected chi connectivity index (χ4v) is 3.65. The van der Waals surface area contributed by atoms with Gasteiger partial charge in [-0.05, 0) is 49.2 Å². The molecule has 0 spiro atoms. The van der Waals surface area contributed by atoms with E-state index in [1.54, 1.807) is 13.3 Å². The third-order valence-electron chi connectivity index (χ3n) is 4.36. The van der Waals surface area contributed by atoms with Gasteiger partial charge in [-0.15, -0.1) is 10.2 Å². The van der Waals surface area contributed by atoms with Crippen molar-refractivity contribution in [3.63, 3.8) is 0 Å². The van der Waals surface area contributed by atoms with Crippen molar-refractivity contribution < 1.29 is 9.53 Å². The lowest BCUT2D eigenvalue weighted by molar-refractivity contribution is -0.118. The molecule has 0 aliphatic heterocycles. The molecule has 0 aliphatic carbocycles. The third kappa shape index (κ3) is 6.29. The zero-order chi connectivity index (χ0) is 22.1. The smallest absolute Gasteiger partial charge is 0.250 e. The molecule has 7 nitrogen and oxygen atoms in total. The first-order valence-electron chi connectivity index (χ1n) is 9.86. The lowest BCUT2D eigenvalue weighted by Crippen LogP contribution is -2.20. The number of allylic oxidation sites excluding steroid dienone is 1. The SMILES string of the molecule is CCn1c(SCC(=O)NN=CC(C)=Cc2ccccc2)nnc1-c1ccc(OC)cc1. The quantitative estimate of drug-likeness (QED) is 0.308. The van der Waals surface area contributed by atoms with E-state index < -0.39 is 0 Å². The van der Waals surface area contributed by atoms with Gasteiger partial charge in [-0.3, -0.25) is 4.79 Å². The van der Waals surface area contributed by atoms with Gasteiger partial charge in [-0.25, -0.2) is 5.43 Å². The van der Waals surface area contributed by atoms with Crippen LogP contribution >= 0.6 is 11.8 Å². The van der Waals surface area contributed by atoms with Gasteiger partial charge in [0.2, 0.25) is 0 Å². The molecule has 160 valence electrons. The van der Waals surface area contributed by atoms with Crippen LogP contribution in [0.3, 0.4) is 0 Å². The highest BCUT2D eigenvalue weighted by molar-refractivity contribution is 7.99. The van der Waals surface area contributed by atoms with Gasteiger partial charge in [0.15, 0.2) is 11.0 Å². The standard InChI is InChI=1S/C23H25N5O2S/c1-4-28-22(19-10-12-20(30-3)13-11-19)26-27-23(28)31-16-21(29)25-24-15-17(2)14-18-8-6-5-7-9-18/h5-15H,4,16H2,1-3H3,(H,25,29). The summed E-state index contributed by atoms with van der Waals surface area (Å²) in [6, 6.07) is 17.6. The predicted octanol–water partition coefficient (Wildman–Crippen LogP) is 4.27. The van der Waals surface area contributed by atoms with Crippen LogP contribution in [-0.4, -0.2) is 39.7 Å². The van der Waals surface area contributed by atoms with Gasteiger partial charge in [0.25, 0.3) is 5.91 Å². The molecule has 0 bridgehead atoms. The molecular weight excluding hydrogens is 410 g/mol. The molecule has 0 radical (unpaired) electrons. The lowest BCUT2D eigenvalue weighted by Gasteiger charge is -2.07. The molecule has 2 aromatic carbocycles. The number of nitrogens with one attached hydrogen (secondary N) is 1. The van der Waals surface area contributed by atoms with E-state index in [0.717, 1.165) is 28.3 Å². The highest BCUT2D eigenvalue weighted by Gasteiger charge is 2.14. The van der Waals surface area contributed by atoms with Crippen LogP contribution < -0.4 is 10.2 Å². The highest BCUT2D eigenvalue weighted by Crippen LogP contribution is 2.25. The maximum atomic E-state index is 12.2. The third-order valence-corrected chi connectivity index (χ3v) is 5.33. The van der Waals surface area contributed by atoms with E-state index in [-0.39, 0.29) is 11.7 Å². The number of ether oxygens (including phenoxy) is 1. The minimum Gasteiger partial charge on any atom is -0.497 e. The first-order chi connectivity index (χ1) is 15.1. The van der Waals surface area contributed by atoms with E-state index in [2.05, 4.69) is 20.7 Å². The summed E-state index contributed by atoms with van der Waals surface area (Å²) in [7, 11) is 1.63. The number of hydrogen-bond donors (Lipinski definition) is 1. The highest BCUT2D eigenvalue weighted by atomic mass is 32.2. The minimum atomic E-state index is -0.203. The summed E-state index contributed by atoms with van der Waals surface area (Å²) in [5, 5.41) is 13.3. The summed E-state index contributed by atoms with van der Waals surface area (Å²) >= 11 is 1.33. The van der Waals surface area contributed by atoms with E-state index in [1.165, 1.54) is 11.8 Å². The fourth-order valence-electron chi connectivity index (χ4n) is 2.85. The minimum absolute atomic E-state index is 0.194. The van der Waals surface area contributed by atoms with Gasteiger partial charge >= 0.3 is 0 Å². The maximum Gasteiger partial charge on any atom is 0.250 e. The number of hydrogen-bond acceptors (Lipinski definition) is 6. The average Bonchev–Trinajstić information content (AvgIpc) is 3.21. The van der Waals surface area contributed by atoms with Gasteiger partial charge in [-0.1, -0.05) is 48.2 Å². The topological polar surface area (TPSA) is 81.4 Å². The van der Waals surface area contributed by atoms with E-state index in [1.807, 2.05) is 79.1 Å². The first-order valence-corrected chi connectivity index (χ1v) is 10.8. The number of aromatic nitrogens is 3. The van der Waals surface area contributed by atoms with Crippen LogP contribution in [0.4, 0.5) is 0 Å². The number of benzene rings is 2. The maximum absolute atomic E-state index is 12.2. The molecule has 31 heavy (non-hydrogen) atoms. The Balaban J connectivity index is 1.56. The van der Waals surface area contributed by atoms with Crippen molar-refractivity contribution in [2.24, 2.45) is 5.10 Å². The molecular formula is C23H25N5O2S. The molecule has 0 unspecified atom stereocenters. The number of thioether (sulfide) groups is 1. The Hall–Kier alpha value is -3.39. The van der Waals surface area contributed by atoms with Gasteiger partial charge in [0.1, 0.15) is 5.75 Å². The van der Waals surface area contributed by atoms with Crippen LogP contribution in [0, 0.1) is 0 Å². The van der Waals surface area contributed by atoms with Gasteiger partial charge in [-0.2, -0.15) is 5.10 Å². The number of carbonyl (C=O) groups is 1. The van der Waals surface area contributed by atoms with Crippen molar-refractivity contribution in [1.82, 2.24) is 20.2 Å². The van der Waals surface area contributed by atoms with Gasteiger partial charge < -0.3 is 9.30 Å². The molecule has 0 atom stereocenters. The Bertz CT molecular complexity index is 1060. The van der Waals surface area contributed by atoms with E-state index in [0.29, 0.717) is 11.7 Å². The Morgan fingerprint density at radius 2 is 1.90 bits per heavy atom. The van der Waals surface area contributed by atoms with Crippen LogP contribution in [0.1, 0.15) is 19.4 Å². The summed E-state index contributed by atoms with van der Waals surface area (Å²) in [4.78, 5) is 12.2. The number of carbonyl (C=O) groups excluding carboxylic acids is 1. The van der Waals surface area contributed by atoms with Gasteiger partial charge in [0, 0.05) is 12.1 Å². The predicted molar refractivity (Wildman–Crippen MR) is 125 cm³/mol. The largest absolute Gasteiger partial charge is 0.497 e. The van der Waals surface area contributed by atoms with Crippen molar-refractivity contribution >= 4 is 30.0 Å². The molecule has 0 saturated heterocycles. The molecule has 1 amide bonds. The van der Waals surface area contributed by atoms with Crippen LogP contribution in [-0.2, 0) is 11.3 Å². The van der Waals surface area contributed by atoms with E-state index >= 15 is 0 Å². The van der Waals surface area contributed by atoms with Crippen LogP contribution in [0.5, 0.6) is 5.75 Å². The second-order valence-corrected chi connectivity index (χ2v) is 7.60. The number of rotatable bonds is 9. The van der Waals surface area contributed by atoms with E-state index in [9.17, 15) is 4.79 Å². The number of hydrazone groups is 1. The summed E-state index contributed by atoms with van der Waals surface area (Å²) in [6.45, 7) is 4.65. The summed E-state index contributed by atoms with van der Waals surface area (Å²) in [5.74, 6) is 1.53. The average molecular weight is 436 g/mol. The van der Waals surface area contributed by atoms with Crippen molar-refractivity contribution in [3.8, 4) is 17.1 Å². The molecule has 3 rings (SSSR count). The molecule has 0 aliphatic rings. The summed E-state index contributed by atoms with van der Waals surface area (Å²) < 4.78 is 7.18. The number of amides is 1. The number of methoxy groups -OCH3 is 1. The van der Waals surface area contributed by atoms with Crippen molar-refractivity contribution in [2.75, 3.05) is 12.9 Å². The summed E-state index contributed by atoms with van der Waals surface area (Å²) in [5.41, 5.74) is 5.52. The second-order valence-electron chi connectivity index (χ2n) is 6.66. The zero-order valence-corrected chi connectivity index (χ0v) is 18.6. The molecule has 1 N–H and O–H groups in total. The Kier molecular flexibility index (Phi) is 8.00. The first kappa shape index (κ1) is 22.3. The zero-order valence-electron chi connectivity index (χ0n) is 17.8. The Morgan fingerprint density at radius 3 is 2.58 bits per heavy atom. The lowest BCUT2D eigenvalue weighted by atomic mass is 10.1. The van der Waals surface area contributed by atoms with Crippen molar-refractivity contribution in [2.45, 2.75) is 25.5 Å². The normalized spacial score (nSPS) is 11.6. The molecule has 8 heteroatoms. The molecule has 0 fully saturated rings.